The van der Waals surface area contributed by atoms with E-state index in [9.17, 15) is 0 Å². The summed E-state index contributed by atoms with van der Waals surface area (Å²) in [6.45, 7) is 0. The van der Waals surface area contributed by atoms with Crippen molar-refractivity contribution in [2.45, 2.75) is 18.9 Å². The number of nitrogens with zero attached hydrogens (tertiary/aromatic N) is 1. The van der Waals surface area contributed by atoms with E-state index in [1.165, 1.54) is 11.1 Å². The van der Waals surface area contributed by atoms with Gasteiger partial charge in [0.2, 0.25) is 0 Å². The van der Waals surface area contributed by atoms with E-state index in [0.29, 0.717) is 6.04 Å². The quantitative estimate of drug-likeness (QED) is 0.880. The van der Waals surface area contributed by atoms with E-state index in [0.717, 1.165) is 23.1 Å². The van der Waals surface area contributed by atoms with Gasteiger partial charge < -0.3 is 10.1 Å². The molecule has 1 N–H and O–H groups in total. The molecule has 0 bridgehead atoms. The molecule has 0 aliphatic heterocycles. The number of benzene rings is 1. The van der Waals surface area contributed by atoms with Crippen LogP contribution in [-0.4, -0.2) is 25.2 Å². The fourth-order valence-corrected chi connectivity index (χ4v) is 2.66. The van der Waals surface area contributed by atoms with Crippen LogP contribution in [0.15, 0.2) is 47.2 Å². The van der Waals surface area contributed by atoms with Gasteiger partial charge in [-0.1, -0.05) is 15.9 Å². The van der Waals surface area contributed by atoms with Crippen LogP contribution >= 0.6 is 15.9 Å². The summed E-state index contributed by atoms with van der Waals surface area (Å²) in [6, 6.07) is 10.6. The number of methoxy groups -OCH3 is 1. The Kier molecular flexibility index (Phi) is 5.56. The highest BCUT2D eigenvalue weighted by Crippen LogP contribution is 2.24. The van der Waals surface area contributed by atoms with Crippen molar-refractivity contribution in [1.29, 1.82) is 0 Å². The van der Waals surface area contributed by atoms with Gasteiger partial charge in [0, 0.05) is 22.9 Å². The van der Waals surface area contributed by atoms with Crippen molar-refractivity contribution in [3.05, 3.63) is 58.3 Å². The lowest BCUT2D eigenvalue weighted by atomic mass is 9.99. The molecule has 4 heteroatoms. The van der Waals surface area contributed by atoms with Crippen LogP contribution in [-0.2, 0) is 12.8 Å². The number of rotatable bonds is 6. The van der Waals surface area contributed by atoms with E-state index in [2.05, 4.69) is 44.4 Å². The average Bonchev–Trinajstić information content (AvgIpc) is 2.48. The Labute approximate surface area is 128 Å². The average molecular weight is 335 g/mol. The lowest BCUT2D eigenvalue weighted by Crippen LogP contribution is -2.30. The fraction of sp³-hybridized carbons (Fsp3) is 0.312. The lowest BCUT2D eigenvalue weighted by Gasteiger charge is -2.18. The molecule has 1 aromatic heterocycles. The second-order valence-corrected chi connectivity index (χ2v) is 5.62. The van der Waals surface area contributed by atoms with Crippen molar-refractivity contribution < 1.29 is 4.74 Å². The zero-order chi connectivity index (χ0) is 14.4. The number of aromatic nitrogens is 1. The van der Waals surface area contributed by atoms with Crippen molar-refractivity contribution in [2.24, 2.45) is 0 Å². The maximum atomic E-state index is 5.44. The second-order valence-electron chi connectivity index (χ2n) is 4.71. The summed E-state index contributed by atoms with van der Waals surface area (Å²) in [4.78, 5) is 4.05. The van der Waals surface area contributed by atoms with Gasteiger partial charge in [0.05, 0.1) is 7.11 Å². The SMILES string of the molecule is CNC(Cc1ccncc1)Cc1cc(Br)ccc1OC. The smallest absolute Gasteiger partial charge is 0.122 e. The second kappa shape index (κ2) is 7.41. The van der Waals surface area contributed by atoms with Gasteiger partial charge in [-0.15, -0.1) is 0 Å². The zero-order valence-corrected chi connectivity index (χ0v) is 13.4. The van der Waals surface area contributed by atoms with Crippen molar-refractivity contribution in [2.75, 3.05) is 14.2 Å². The van der Waals surface area contributed by atoms with Crippen LogP contribution < -0.4 is 10.1 Å². The summed E-state index contributed by atoms with van der Waals surface area (Å²) in [5, 5.41) is 3.38. The molecule has 1 heterocycles. The highest BCUT2D eigenvalue weighted by atomic mass is 79.9. The molecule has 1 unspecified atom stereocenters. The number of ether oxygens (including phenoxy) is 1. The number of likely N-dealkylation sites (N-methyl/N-ethyl adjacent to an activating group) is 1. The Hall–Kier alpha value is -1.39. The third-order valence-corrected chi connectivity index (χ3v) is 3.84. The van der Waals surface area contributed by atoms with E-state index >= 15 is 0 Å². The minimum absolute atomic E-state index is 0.362. The van der Waals surface area contributed by atoms with E-state index < -0.39 is 0 Å². The fourth-order valence-electron chi connectivity index (χ4n) is 2.25. The zero-order valence-electron chi connectivity index (χ0n) is 11.8. The molecule has 0 fully saturated rings. The standard InChI is InChI=1S/C16H19BrN2O/c1-18-15(9-12-5-7-19-8-6-12)11-13-10-14(17)3-4-16(13)20-2/h3-8,10,15,18H,9,11H2,1-2H3. The molecule has 2 rings (SSSR count). The van der Waals surface area contributed by atoms with Gasteiger partial charge in [-0.2, -0.15) is 0 Å². The molecule has 0 amide bonds. The van der Waals surface area contributed by atoms with Gasteiger partial charge in [0.15, 0.2) is 0 Å². The molecule has 0 saturated heterocycles. The van der Waals surface area contributed by atoms with Crippen LogP contribution in [0.1, 0.15) is 11.1 Å². The number of nitrogens with one attached hydrogen (secondary N) is 1. The summed E-state index contributed by atoms with van der Waals surface area (Å²) in [5.41, 5.74) is 2.49. The van der Waals surface area contributed by atoms with Gasteiger partial charge >= 0.3 is 0 Å². The first-order valence-corrected chi connectivity index (χ1v) is 7.41. The normalized spacial score (nSPS) is 12.2. The third-order valence-electron chi connectivity index (χ3n) is 3.35. The van der Waals surface area contributed by atoms with Gasteiger partial charge in [0.1, 0.15) is 5.75 Å². The predicted molar refractivity (Wildman–Crippen MR) is 85.2 cm³/mol. The molecule has 1 aromatic carbocycles. The summed E-state index contributed by atoms with van der Waals surface area (Å²) in [6.07, 6.45) is 5.56. The first-order valence-electron chi connectivity index (χ1n) is 6.61. The molecule has 3 nitrogen and oxygen atoms in total. The van der Waals surface area contributed by atoms with Gasteiger partial charge in [-0.05, 0) is 61.3 Å². The molecule has 20 heavy (non-hydrogen) atoms. The molecule has 0 aliphatic carbocycles. The Balaban J connectivity index is 2.12. The maximum absolute atomic E-state index is 5.44. The summed E-state index contributed by atoms with van der Waals surface area (Å²) in [7, 11) is 3.71. The van der Waals surface area contributed by atoms with Crippen LogP contribution in [0.25, 0.3) is 0 Å². The van der Waals surface area contributed by atoms with E-state index in [1.54, 1.807) is 7.11 Å². The molecule has 0 aliphatic rings. The topological polar surface area (TPSA) is 34.2 Å². The van der Waals surface area contributed by atoms with E-state index in [4.69, 9.17) is 4.74 Å². The third kappa shape index (κ3) is 4.05. The Morgan fingerprint density at radius 2 is 1.95 bits per heavy atom. The van der Waals surface area contributed by atoms with Crippen molar-refractivity contribution >= 4 is 15.9 Å². The van der Waals surface area contributed by atoms with Crippen LogP contribution in [0, 0.1) is 0 Å². The van der Waals surface area contributed by atoms with Crippen LogP contribution in [0.5, 0.6) is 5.75 Å². The van der Waals surface area contributed by atoms with Crippen molar-refractivity contribution in [3.63, 3.8) is 0 Å². The van der Waals surface area contributed by atoms with E-state index in [-0.39, 0.29) is 0 Å². The summed E-state index contributed by atoms with van der Waals surface area (Å²) < 4.78 is 6.51. The summed E-state index contributed by atoms with van der Waals surface area (Å²) in [5.74, 6) is 0.933. The molecule has 0 saturated carbocycles. The Morgan fingerprint density at radius 3 is 2.60 bits per heavy atom. The Bertz CT molecular complexity index is 545. The first kappa shape index (κ1) is 15.0. The monoisotopic (exact) mass is 334 g/mol. The minimum atomic E-state index is 0.362. The number of hydrogen-bond acceptors (Lipinski definition) is 3. The molecule has 1 atom stereocenters. The number of hydrogen-bond donors (Lipinski definition) is 1. The number of halogens is 1. The van der Waals surface area contributed by atoms with Gasteiger partial charge in [-0.3, -0.25) is 4.98 Å². The predicted octanol–water partition coefficient (Wildman–Crippen LogP) is 3.23. The molecule has 106 valence electrons. The number of pyridine rings is 1. The van der Waals surface area contributed by atoms with Crippen LogP contribution in [0.4, 0.5) is 0 Å². The highest BCUT2D eigenvalue weighted by Gasteiger charge is 2.12. The molecule has 2 aromatic rings. The minimum Gasteiger partial charge on any atom is -0.496 e. The molecule has 0 radical (unpaired) electrons. The first-order chi connectivity index (χ1) is 9.72. The van der Waals surface area contributed by atoms with Crippen molar-refractivity contribution in [3.8, 4) is 5.75 Å². The van der Waals surface area contributed by atoms with Crippen LogP contribution in [0.3, 0.4) is 0 Å². The highest BCUT2D eigenvalue weighted by molar-refractivity contribution is 9.10. The van der Waals surface area contributed by atoms with E-state index in [1.807, 2.05) is 31.6 Å². The maximum Gasteiger partial charge on any atom is 0.122 e. The van der Waals surface area contributed by atoms with Gasteiger partial charge in [0.25, 0.3) is 0 Å². The molecule has 0 spiro atoms. The summed E-state index contributed by atoms with van der Waals surface area (Å²) >= 11 is 3.52. The largest absolute Gasteiger partial charge is 0.496 e. The van der Waals surface area contributed by atoms with Gasteiger partial charge in [-0.25, -0.2) is 0 Å². The Morgan fingerprint density at radius 1 is 1.20 bits per heavy atom. The molecular weight excluding hydrogens is 316 g/mol. The molecular formula is C16H19BrN2O. The van der Waals surface area contributed by atoms with Crippen LogP contribution in [0.2, 0.25) is 0 Å². The van der Waals surface area contributed by atoms with Crippen molar-refractivity contribution in [1.82, 2.24) is 10.3 Å². The lowest BCUT2D eigenvalue weighted by molar-refractivity contribution is 0.405.